The van der Waals surface area contributed by atoms with Crippen LogP contribution in [-0.2, 0) is 19.9 Å². The third kappa shape index (κ3) is 3.38. The number of aryl methyl sites for hydroxylation is 1. The number of amides is 1. The lowest BCUT2D eigenvalue weighted by Gasteiger charge is -2.21. The Kier molecular flexibility index (Phi) is 4.86. The van der Waals surface area contributed by atoms with Gasteiger partial charge in [0.1, 0.15) is 5.82 Å². The smallest absolute Gasteiger partial charge is 0.255 e. The third-order valence-corrected chi connectivity index (χ3v) is 5.31. The van der Waals surface area contributed by atoms with E-state index in [-0.39, 0.29) is 5.91 Å². The first kappa shape index (κ1) is 18.2. The highest BCUT2D eigenvalue weighted by molar-refractivity contribution is 5.94. The molecule has 0 spiro atoms. The highest BCUT2D eigenvalue weighted by Gasteiger charge is 2.25. The highest BCUT2D eigenvalue weighted by atomic mass is 16.2. The SMILES string of the molecule is CN(C)c1ccc(C(=O)N2CCc3c(-c4ccccc4)nn(C)c3CC2)cn1. The minimum absolute atomic E-state index is 0.0415. The molecule has 1 aromatic carbocycles. The lowest BCUT2D eigenvalue weighted by Crippen LogP contribution is -2.33. The molecule has 1 aliphatic heterocycles. The van der Waals surface area contributed by atoms with Gasteiger partial charge in [-0.3, -0.25) is 9.48 Å². The van der Waals surface area contributed by atoms with Crippen LogP contribution in [0, 0.1) is 0 Å². The summed E-state index contributed by atoms with van der Waals surface area (Å²) in [5.41, 5.74) is 5.27. The summed E-state index contributed by atoms with van der Waals surface area (Å²) in [6, 6.07) is 14.0. The molecule has 0 saturated heterocycles. The zero-order valence-electron chi connectivity index (χ0n) is 16.6. The summed E-state index contributed by atoms with van der Waals surface area (Å²) in [5.74, 6) is 0.887. The number of anilines is 1. The van der Waals surface area contributed by atoms with Gasteiger partial charge < -0.3 is 9.80 Å². The van der Waals surface area contributed by atoms with Crippen molar-refractivity contribution in [2.24, 2.45) is 7.05 Å². The summed E-state index contributed by atoms with van der Waals surface area (Å²) in [6.07, 6.45) is 3.29. The van der Waals surface area contributed by atoms with Crippen molar-refractivity contribution in [1.29, 1.82) is 0 Å². The van der Waals surface area contributed by atoms with Gasteiger partial charge in [0.25, 0.3) is 5.91 Å². The van der Waals surface area contributed by atoms with Crippen LogP contribution in [0.1, 0.15) is 21.6 Å². The molecular formula is C22H25N5O. The summed E-state index contributed by atoms with van der Waals surface area (Å²) in [6.45, 7) is 1.38. The first-order chi connectivity index (χ1) is 13.5. The molecule has 0 fully saturated rings. The van der Waals surface area contributed by atoms with E-state index in [1.54, 1.807) is 6.20 Å². The van der Waals surface area contributed by atoms with Crippen molar-refractivity contribution in [3.63, 3.8) is 0 Å². The van der Waals surface area contributed by atoms with Gasteiger partial charge >= 0.3 is 0 Å². The molecule has 2 aromatic heterocycles. The Morgan fingerprint density at radius 2 is 1.79 bits per heavy atom. The molecule has 3 aromatic rings. The number of carbonyl (C=O) groups excluding carboxylic acids is 1. The maximum Gasteiger partial charge on any atom is 0.255 e. The topological polar surface area (TPSA) is 54.3 Å². The van der Waals surface area contributed by atoms with Crippen molar-refractivity contribution in [3.8, 4) is 11.3 Å². The van der Waals surface area contributed by atoms with Gasteiger partial charge in [0, 0.05) is 63.7 Å². The predicted molar refractivity (Wildman–Crippen MR) is 111 cm³/mol. The molecule has 4 rings (SSSR count). The lowest BCUT2D eigenvalue weighted by molar-refractivity contribution is 0.0762. The zero-order chi connectivity index (χ0) is 19.7. The lowest BCUT2D eigenvalue weighted by atomic mass is 10.0. The van der Waals surface area contributed by atoms with E-state index in [1.807, 2.05) is 66.0 Å². The molecule has 0 bridgehead atoms. The quantitative estimate of drug-likeness (QED) is 0.706. The molecular weight excluding hydrogens is 350 g/mol. The average molecular weight is 375 g/mol. The summed E-state index contributed by atoms with van der Waals surface area (Å²) < 4.78 is 1.97. The van der Waals surface area contributed by atoms with Gasteiger partial charge in [0.2, 0.25) is 0 Å². The number of hydrogen-bond donors (Lipinski definition) is 0. The van der Waals surface area contributed by atoms with Gasteiger partial charge in [-0.1, -0.05) is 30.3 Å². The van der Waals surface area contributed by atoms with Crippen molar-refractivity contribution < 1.29 is 4.79 Å². The van der Waals surface area contributed by atoms with Gasteiger partial charge in [0.05, 0.1) is 11.3 Å². The van der Waals surface area contributed by atoms with E-state index >= 15 is 0 Å². The Morgan fingerprint density at radius 3 is 2.46 bits per heavy atom. The van der Waals surface area contributed by atoms with E-state index in [2.05, 4.69) is 17.1 Å². The molecule has 0 unspecified atom stereocenters. The molecule has 6 heteroatoms. The van der Waals surface area contributed by atoms with Crippen LogP contribution in [-0.4, -0.2) is 52.8 Å². The van der Waals surface area contributed by atoms with E-state index in [9.17, 15) is 4.79 Å². The summed E-state index contributed by atoms with van der Waals surface area (Å²) in [5, 5.41) is 4.76. The van der Waals surface area contributed by atoms with Crippen molar-refractivity contribution in [2.75, 3.05) is 32.1 Å². The van der Waals surface area contributed by atoms with E-state index in [0.717, 1.165) is 29.9 Å². The van der Waals surface area contributed by atoms with Crippen LogP contribution < -0.4 is 4.90 Å². The Bertz CT molecular complexity index is 976. The first-order valence-corrected chi connectivity index (χ1v) is 9.57. The van der Waals surface area contributed by atoms with Crippen LogP contribution in [0.2, 0.25) is 0 Å². The van der Waals surface area contributed by atoms with Crippen LogP contribution in [0.4, 0.5) is 5.82 Å². The number of hydrogen-bond acceptors (Lipinski definition) is 4. The highest BCUT2D eigenvalue weighted by Crippen LogP contribution is 2.28. The maximum absolute atomic E-state index is 13.0. The van der Waals surface area contributed by atoms with E-state index in [0.29, 0.717) is 18.7 Å². The number of nitrogens with zero attached hydrogens (tertiary/aromatic N) is 5. The fourth-order valence-electron chi connectivity index (χ4n) is 3.77. The van der Waals surface area contributed by atoms with Crippen LogP contribution in [0.5, 0.6) is 0 Å². The van der Waals surface area contributed by atoms with Crippen molar-refractivity contribution in [1.82, 2.24) is 19.7 Å². The molecule has 0 N–H and O–H groups in total. The number of rotatable bonds is 3. The minimum atomic E-state index is 0.0415. The molecule has 1 aliphatic rings. The second-order valence-electron chi connectivity index (χ2n) is 7.36. The summed E-state index contributed by atoms with van der Waals surface area (Å²) in [4.78, 5) is 21.2. The Morgan fingerprint density at radius 1 is 1.04 bits per heavy atom. The van der Waals surface area contributed by atoms with E-state index < -0.39 is 0 Å². The van der Waals surface area contributed by atoms with Crippen molar-refractivity contribution >= 4 is 11.7 Å². The molecule has 0 aliphatic carbocycles. The second kappa shape index (κ2) is 7.46. The molecule has 0 atom stereocenters. The van der Waals surface area contributed by atoms with Gasteiger partial charge in [-0.15, -0.1) is 0 Å². The Balaban J connectivity index is 1.56. The first-order valence-electron chi connectivity index (χ1n) is 9.57. The standard InChI is InChI=1S/C22H25N5O/c1-25(2)20-10-9-17(15-23-20)22(28)27-13-11-18-19(12-14-27)26(3)24-21(18)16-7-5-4-6-8-16/h4-10,15H,11-14H2,1-3H3. The van der Waals surface area contributed by atoms with E-state index in [4.69, 9.17) is 5.10 Å². The number of pyridine rings is 1. The minimum Gasteiger partial charge on any atom is -0.363 e. The van der Waals surface area contributed by atoms with Crippen LogP contribution in [0.15, 0.2) is 48.7 Å². The molecule has 144 valence electrons. The monoisotopic (exact) mass is 375 g/mol. The van der Waals surface area contributed by atoms with Gasteiger partial charge in [-0.05, 0) is 18.6 Å². The second-order valence-corrected chi connectivity index (χ2v) is 7.36. The fraction of sp³-hybridized carbons (Fsp3) is 0.318. The van der Waals surface area contributed by atoms with E-state index in [1.165, 1.54) is 11.3 Å². The van der Waals surface area contributed by atoms with Crippen LogP contribution in [0.25, 0.3) is 11.3 Å². The Labute approximate surface area is 165 Å². The third-order valence-electron chi connectivity index (χ3n) is 5.31. The summed E-state index contributed by atoms with van der Waals surface area (Å²) in [7, 11) is 5.87. The fourth-order valence-corrected chi connectivity index (χ4v) is 3.77. The van der Waals surface area contributed by atoms with Crippen molar-refractivity contribution in [2.45, 2.75) is 12.8 Å². The normalized spacial score (nSPS) is 13.8. The number of fused-ring (bicyclic) bond motifs is 1. The van der Waals surface area contributed by atoms with Gasteiger partial charge in [-0.25, -0.2) is 4.98 Å². The summed E-state index contributed by atoms with van der Waals surface area (Å²) >= 11 is 0. The number of carbonyl (C=O) groups is 1. The predicted octanol–water partition coefficient (Wildman–Crippen LogP) is 2.79. The number of aromatic nitrogens is 3. The maximum atomic E-state index is 13.0. The van der Waals surface area contributed by atoms with Crippen LogP contribution >= 0.6 is 0 Å². The Hall–Kier alpha value is -3.15. The molecule has 0 saturated carbocycles. The van der Waals surface area contributed by atoms with Gasteiger partial charge in [0.15, 0.2) is 0 Å². The molecule has 6 nitrogen and oxygen atoms in total. The average Bonchev–Trinajstić information content (AvgIpc) is 2.89. The number of benzene rings is 1. The molecule has 1 amide bonds. The molecule has 3 heterocycles. The van der Waals surface area contributed by atoms with Crippen LogP contribution in [0.3, 0.4) is 0 Å². The molecule has 28 heavy (non-hydrogen) atoms. The van der Waals surface area contributed by atoms with Crippen molar-refractivity contribution in [3.05, 3.63) is 65.5 Å². The zero-order valence-corrected chi connectivity index (χ0v) is 16.6. The van der Waals surface area contributed by atoms with Gasteiger partial charge in [-0.2, -0.15) is 5.10 Å². The largest absolute Gasteiger partial charge is 0.363 e. The molecule has 0 radical (unpaired) electrons.